The number of nitrogens with two attached hydrogens (primary N) is 1. The fourth-order valence-corrected chi connectivity index (χ4v) is 2.02. The summed E-state index contributed by atoms with van der Waals surface area (Å²) in [6.45, 7) is 1.24. The van der Waals surface area contributed by atoms with E-state index in [1.54, 1.807) is 0 Å². The Morgan fingerprint density at radius 1 is 1.19 bits per heavy atom. The summed E-state index contributed by atoms with van der Waals surface area (Å²) in [5, 5.41) is 12.0. The number of hydrogen-bond donors (Lipinski definition) is 3. The van der Waals surface area contributed by atoms with E-state index >= 15 is 0 Å². The molecule has 1 rings (SSSR count). The van der Waals surface area contributed by atoms with Gasteiger partial charge in [0.25, 0.3) is 0 Å². The summed E-state index contributed by atoms with van der Waals surface area (Å²) in [6, 6.07) is 6.03. The Morgan fingerprint density at radius 2 is 1.94 bits per heavy atom. The maximum atomic E-state index is 8.63. The maximum Gasteiger partial charge on any atom is 0.0574 e. The van der Waals surface area contributed by atoms with Gasteiger partial charge in [0.05, 0.1) is 11.4 Å². The number of aliphatic hydroxyl groups excluding tert-OH is 1. The van der Waals surface area contributed by atoms with Crippen LogP contribution < -0.4 is 11.1 Å². The number of halogens is 1. The van der Waals surface area contributed by atoms with Crippen molar-refractivity contribution in [2.24, 2.45) is 0 Å². The van der Waals surface area contributed by atoms with Crippen molar-refractivity contribution in [1.82, 2.24) is 0 Å². The second-order valence-electron chi connectivity index (χ2n) is 3.80. The quantitative estimate of drug-likeness (QED) is 0.408. The van der Waals surface area contributed by atoms with E-state index < -0.39 is 0 Å². The zero-order chi connectivity index (χ0) is 11.8. The van der Waals surface area contributed by atoms with Crippen LogP contribution in [-0.2, 0) is 0 Å². The number of benzene rings is 1. The highest BCUT2D eigenvalue weighted by molar-refractivity contribution is 14.1. The average molecular weight is 334 g/mol. The van der Waals surface area contributed by atoms with Crippen molar-refractivity contribution in [3.63, 3.8) is 0 Å². The van der Waals surface area contributed by atoms with E-state index in [0.717, 1.165) is 47.2 Å². The minimum atomic E-state index is 0.303. The van der Waals surface area contributed by atoms with Crippen molar-refractivity contribution in [1.29, 1.82) is 0 Å². The second kappa shape index (κ2) is 7.73. The van der Waals surface area contributed by atoms with Gasteiger partial charge in [-0.05, 0) is 53.6 Å². The summed E-state index contributed by atoms with van der Waals surface area (Å²) in [6.07, 6.45) is 4.27. The first-order chi connectivity index (χ1) is 7.74. The first kappa shape index (κ1) is 13.6. The summed E-state index contributed by atoms with van der Waals surface area (Å²) in [5.41, 5.74) is 7.71. The van der Waals surface area contributed by atoms with E-state index in [2.05, 4.69) is 27.9 Å². The lowest BCUT2D eigenvalue weighted by atomic mass is 10.2. The molecular weight excluding hydrogens is 315 g/mol. The van der Waals surface area contributed by atoms with Crippen LogP contribution in [0.15, 0.2) is 18.2 Å². The van der Waals surface area contributed by atoms with Gasteiger partial charge < -0.3 is 16.2 Å². The summed E-state index contributed by atoms with van der Waals surface area (Å²) >= 11 is 2.25. The number of nitrogen functional groups attached to an aromatic ring is 1. The molecule has 4 N–H and O–H groups in total. The van der Waals surface area contributed by atoms with Gasteiger partial charge >= 0.3 is 0 Å². The first-order valence-corrected chi connectivity index (χ1v) is 6.71. The summed E-state index contributed by atoms with van der Waals surface area (Å²) in [4.78, 5) is 0. The third-order valence-electron chi connectivity index (χ3n) is 2.41. The average Bonchev–Trinajstić information content (AvgIpc) is 2.26. The van der Waals surface area contributed by atoms with Crippen LogP contribution in [0.3, 0.4) is 0 Å². The standard InChI is InChI=1S/C12H19IN2O/c13-10-5-6-12(11(14)9-10)15-7-3-1-2-4-8-16/h5-6,9,15-16H,1-4,7-8,14H2. The lowest BCUT2D eigenvalue weighted by molar-refractivity contribution is 0.283. The van der Waals surface area contributed by atoms with Gasteiger partial charge in [-0.3, -0.25) is 0 Å². The molecular formula is C12H19IN2O. The second-order valence-corrected chi connectivity index (χ2v) is 5.04. The minimum absolute atomic E-state index is 0.303. The Labute approximate surface area is 111 Å². The fourth-order valence-electron chi connectivity index (χ4n) is 1.51. The van der Waals surface area contributed by atoms with Gasteiger partial charge in [-0.1, -0.05) is 12.8 Å². The highest BCUT2D eigenvalue weighted by Gasteiger charge is 1.98. The third-order valence-corrected chi connectivity index (χ3v) is 3.08. The number of nitrogens with one attached hydrogen (secondary N) is 1. The van der Waals surface area contributed by atoms with Gasteiger partial charge in [0, 0.05) is 16.7 Å². The van der Waals surface area contributed by atoms with Crippen LogP contribution in [0.4, 0.5) is 11.4 Å². The third kappa shape index (κ3) is 5.03. The predicted molar refractivity (Wildman–Crippen MR) is 77.6 cm³/mol. The van der Waals surface area contributed by atoms with E-state index in [4.69, 9.17) is 10.8 Å². The fraction of sp³-hybridized carbons (Fsp3) is 0.500. The van der Waals surface area contributed by atoms with Crippen LogP contribution in [0.2, 0.25) is 0 Å². The van der Waals surface area contributed by atoms with Crippen molar-refractivity contribution in [3.05, 3.63) is 21.8 Å². The number of hydrogen-bond acceptors (Lipinski definition) is 3. The van der Waals surface area contributed by atoms with Crippen LogP contribution >= 0.6 is 22.6 Å². The number of rotatable bonds is 7. The van der Waals surface area contributed by atoms with Crippen LogP contribution in [0, 0.1) is 3.57 Å². The van der Waals surface area contributed by atoms with E-state index in [9.17, 15) is 0 Å². The highest BCUT2D eigenvalue weighted by Crippen LogP contribution is 2.20. The van der Waals surface area contributed by atoms with Gasteiger partial charge in [-0.15, -0.1) is 0 Å². The van der Waals surface area contributed by atoms with Crippen molar-refractivity contribution in [3.8, 4) is 0 Å². The van der Waals surface area contributed by atoms with Crippen LogP contribution in [0.5, 0.6) is 0 Å². The van der Waals surface area contributed by atoms with Gasteiger partial charge in [0.15, 0.2) is 0 Å². The Kier molecular flexibility index (Phi) is 6.56. The number of unbranched alkanes of at least 4 members (excludes halogenated alkanes) is 3. The Balaban J connectivity index is 2.21. The Hall–Kier alpha value is -0.490. The molecule has 0 radical (unpaired) electrons. The smallest absolute Gasteiger partial charge is 0.0574 e. The van der Waals surface area contributed by atoms with E-state index in [0.29, 0.717) is 6.61 Å². The number of aliphatic hydroxyl groups is 1. The molecule has 0 aliphatic heterocycles. The largest absolute Gasteiger partial charge is 0.397 e. The van der Waals surface area contributed by atoms with Crippen LogP contribution in [-0.4, -0.2) is 18.3 Å². The molecule has 0 aliphatic rings. The molecule has 3 nitrogen and oxygen atoms in total. The maximum absolute atomic E-state index is 8.63. The van der Waals surface area contributed by atoms with Crippen molar-refractivity contribution in [2.75, 3.05) is 24.2 Å². The molecule has 0 saturated carbocycles. The van der Waals surface area contributed by atoms with E-state index in [1.165, 1.54) is 0 Å². The molecule has 0 bridgehead atoms. The molecule has 0 fully saturated rings. The molecule has 0 unspecified atom stereocenters. The number of anilines is 2. The molecule has 16 heavy (non-hydrogen) atoms. The van der Waals surface area contributed by atoms with Crippen molar-refractivity contribution >= 4 is 34.0 Å². The molecule has 0 aromatic heterocycles. The van der Waals surface area contributed by atoms with Gasteiger partial charge in [0.2, 0.25) is 0 Å². The first-order valence-electron chi connectivity index (χ1n) is 5.64. The topological polar surface area (TPSA) is 58.3 Å². The lowest BCUT2D eigenvalue weighted by Gasteiger charge is -2.09. The minimum Gasteiger partial charge on any atom is -0.397 e. The summed E-state index contributed by atoms with van der Waals surface area (Å²) in [7, 11) is 0. The zero-order valence-corrected chi connectivity index (χ0v) is 11.5. The van der Waals surface area contributed by atoms with Gasteiger partial charge in [-0.2, -0.15) is 0 Å². The Bertz CT molecular complexity index is 318. The van der Waals surface area contributed by atoms with Gasteiger partial charge in [0.1, 0.15) is 0 Å². The molecule has 0 heterocycles. The van der Waals surface area contributed by atoms with E-state index in [-0.39, 0.29) is 0 Å². The monoisotopic (exact) mass is 334 g/mol. The highest BCUT2D eigenvalue weighted by atomic mass is 127. The van der Waals surface area contributed by atoms with Crippen molar-refractivity contribution < 1.29 is 5.11 Å². The molecule has 0 aliphatic carbocycles. The van der Waals surface area contributed by atoms with Crippen molar-refractivity contribution in [2.45, 2.75) is 25.7 Å². The molecule has 1 aromatic carbocycles. The van der Waals surface area contributed by atoms with E-state index in [1.807, 2.05) is 18.2 Å². The molecule has 90 valence electrons. The summed E-state index contributed by atoms with van der Waals surface area (Å²) < 4.78 is 1.16. The van der Waals surface area contributed by atoms with Crippen LogP contribution in [0.25, 0.3) is 0 Å². The molecule has 0 amide bonds. The van der Waals surface area contributed by atoms with Gasteiger partial charge in [-0.25, -0.2) is 0 Å². The summed E-state index contributed by atoms with van der Waals surface area (Å²) in [5.74, 6) is 0. The molecule has 0 spiro atoms. The lowest BCUT2D eigenvalue weighted by Crippen LogP contribution is -2.04. The molecule has 4 heteroatoms. The molecule has 0 saturated heterocycles. The molecule has 1 aromatic rings. The molecule has 0 atom stereocenters. The SMILES string of the molecule is Nc1cc(I)ccc1NCCCCCCO. The normalized spacial score (nSPS) is 10.4. The zero-order valence-electron chi connectivity index (χ0n) is 9.38. The Morgan fingerprint density at radius 3 is 2.62 bits per heavy atom. The predicted octanol–water partition coefficient (Wildman–Crippen LogP) is 2.84. The van der Waals surface area contributed by atoms with Crippen LogP contribution in [0.1, 0.15) is 25.7 Å².